The lowest BCUT2D eigenvalue weighted by Crippen LogP contribution is -2.48. The van der Waals surface area contributed by atoms with E-state index in [1.54, 1.807) is 25.1 Å². The van der Waals surface area contributed by atoms with Crippen LogP contribution in [0.25, 0.3) is 0 Å². The quantitative estimate of drug-likeness (QED) is 0.837. The van der Waals surface area contributed by atoms with E-state index < -0.39 is 5.97 Å². The first-order valence-corrected chi connectivity index (χ1v) is 7.26. The Hall–Kier alpha value is -1.88. The zero-order valence-corrected chi connectivity index (χ0v) is 12.7. The number of hydrogen-bond acceptors (Lipinski definition) is 4. The van der Waals surface area contributed by atoms with E-state index in [2.05, 4.69) is 17.6 Å². The van der Waals surface area contributed by atoms with Gasteiger partial charge in [-0.2, -0.15) is 0 Å². The van der Waals surface area contributed by atoms with Crippen LogP contribution in [0.3, 0.4) is 0 Å². The number of esters is 1. The van der Waals surface area contributed by atoms with Crippen LogP contribution in [0.5, 0.6) is 0 Å². The Morgan fingerprint density at radius 1 is 1.38 bits per heavy atom. The van der Waals surface area contributed by atoms with Gasteiger partial charge < -0.3 is 15.4 Å². The first-order valence-electron chi connectivity index (χ1n) is 7.26. The number of carbonyl (C=O) groups excluding carboxylic acids is 2. The van der Waals surface area contributed by atoms with E-state index in [0.717, 1.165) is 24.9 Å². The van der Waals surface area contributed by atoms with E-state index in [0.29, 0.717) is 17.2 Å². The molecule has 2 rings (SSSR count). The van der Waals surface area contributed by atoms with Crippen molar-refractivity contribution in [3.05, 3.63) is 29.3 Å². The Balaban J connectivity index is 2.16. The number of rotatable bonds is 3. The van der Waals surface area contributed by atoms with Crippen LogP contribution in [0.2, 0.25) is 0 Å². The van der Waals surface area contributed by atoms with Gasteiger partial charge in [-0.1, -0.05) is 13.0 Å². The standard InChI is InChI=1S/C16H22N2O3/c1-10-6-5-9-17-14(10)15(19)18-13-8-4-7-12(11(13)2)16(20)21-3/h4,7-8,10,14,17H,5-6,9H2,1-3H3,(H,18,19). The van der Waals surface area contributed by atoms with Crippen LogP contribution in [-0.2, 0) is 9.53 Å². The summed E-state index contributed by atoms with van der Waals surface area (Å²) in [6.45, 7) is 4.75. The molecule has 1 fully saturated rings. The molecule has 114 valence electrons. The van der Waals surface area contributed by atoms with Crippen LogP contribution in [0.4, 0.5) is 5.69 Å². The van der Waals surface area contributed by atoms with E-state index in [4.69, 9.17) is 4.74 Å². The number of nitrogens with one attached hydrogen (secondary N) is 2. The van der Waals surface area contributed by atoms with Crippen LogP contribution >= 0.6 is 0 Å². The molecule has 0 bridgehead atoms. The van der Waals surface area contributed by atoms with Gasteiger partial charge >= 0.3 is 5.97 Å². The topological polar surface area (TPSA) is 67.4 Å². The number of hydrogen-bond donors (Lipinski definition) is 2. The summed E-state index contributed by atoms with van der Waals surface area (Å²) in [6, 6.07) is 5.05. The monoisotopic (exact) mass is 290 g/mol. The molecule has 1 saturated heterocycles. The van der Waals surface area contributed by atoms with Crippen LogP contribution in [0.15, 0.2) is 18.2 Å². The highest BCUT2D eigenvalue weighted by Crippen LogP contribution is 2.22. The highest BCUT2D eigenvalue weighted by Gasteiger charge is 2.27. The van der Waals surface area contributed by atoms with Crippen molar-refractivity contribution >= 4 is 17.6 Å². The minimum Gasteiger partial charge on any atom is -0.465 e. The minimum atomic E-state index is -0.396. The summed E-state index contributed by atoms with van der Waals surface area (Å²) in [5.74, 6) is -0.136. The van der Waals surface area contributed by atoms with Crippen molar-refractivity contribution in [3.8, 4) is 0 Å². The molecule has 2 atom stereocenters. The van der Waals surface area contributed by atoms with Gasteiger partial charge in [-0.15, -0.1) is 0 Å². The van der Waals surface area contributed by atoms with Gasteiger partial charge in [0.2, 0.25) is 5.91 Å². The average molecular weight is 290 g/mol. The normalized spacial score (nSPS) is 21.7. The summed E-state index contributed by atoms with van der Waals surface area (Å²) in [7, 11) is 1.35. The lowest BCUT2D eigenvalue weighted by Gasteiger charge is -2.29. The lowest BCUT2D eigenvalue weighted by atomic mass is 9.92. The van der Waals surface area contributed by atoms with Crippen molar-refractivity contribution in [2.75, 3.05) is 19.0 Å². The number of piperidine rings is 1. The van der Waals surface area contributed by atoms with Gasteiger partial charge in [0, 0.05) is 5.69 Å². The fourth-order valence-electron chi connectivity index (χ4n) is 2.71. The van der Waals surface area contributed by atoms with Gasteiger partial charge in [-0.25, -0.2) is 4.79 Å². The molecule has 0 aromatic heterocycles. The van der Waals surface area contributed by atoms with Gasteiger partial charge in [0.1, 0.15) is 0 Å². The third-order valence-electron chi connectivity index (χ3n) is 4.05. The molecule has 0 aliphatic carbocycles. The number of amides is 1. The summed E-state index contributed by atoms with van der Waals surface area (Å²) in [4.78, 5) is 24.1. The molecular formula is C16H22N2O3. The largest absolute Gasteiger partial charge is 0.465 e. The van der Waals surface area contributed by atoms with Crippen LogP contribution < -0.4 is 10.6 Å². The molecule has 1 aliphatic heterocycles. The minimum absolute atomic E-state index is 0.0488. The molecule has 0 spiro atoms. The zero-order valence-electron chi connectivity index (χ0n) is 12.7. The van der Waals surface area contributed by atoms with Crippen molar-refractivity contribution in [1.82, 2.24) is 5.32 Å². The van der Waals surface area contributed by atoms with Crippen molar-refractivity contribution in [2.24, 2.45) is 5.92 Å². The van der Waals surface area contributed by atoms with Crippen molar-refractivity contribution in [1.29, 1.82) is 0 Å². The maximum atomic E-state index is 12.4. The predicted molar refractivity (Wildman–Crippen MR) is 81.3 cm³/mol. The molecule has 0 saturated carbocycles. The smallest absolute Gasteiger partial charge is 0.338 e. The van der Waals surface area contributed by atoms with Gasteiger partial charge in [-0.05, 0) is 49.9 Å². The second kappa shape index (κ2) is 6.72. The van der Waals surface area contributed by atoms with Crippen molar-refractivity contribution < 1.29 is 14.3 Å². The Kier molecular flexibility index (Phi) is 4.96. The van der Waals surface area contributed by atoms with E-state index >= 15 is 0 Å². The van der Waals surface area contributed by atoms with E-state index in [9.17, 15) is 9.59 Å². The first kappa shape index (κ1) is 15.5. The first-order chi connectivity index (χ1) is 10.0. The summed E-state index contributed by atoms with van der Waals surface area (Å²) < 4.78 is 4.75. The van der Waals surface area contributed by atoms with Crippen LogP contribution in [0.1, 0.15) is 35.7 Å². The molecule has 1 heterocycles. The Morgan fingerprint density at radius 2 is 2.14 bits per heavy atom. The molecule has 2 unspecified atom stereocenters. The maximum Gasteiger partial charge on any atom is 0.338 e. The summed E-state index contributed by atoms with van der Waals surface area (Å²) in [5.41, 5.74) is 1.85. The summed E-state index contributed by atoms with van der Waals surface area (Å²) in [6.07, 6.45) is 2.15. The molecule has 1 aromatic carbocycles. The number of ether oxygens (including phenoxy) is 1. The predicted octanol–water partition coefficient (Wildman–Crippen LogP) is 2.11. The SMILES string of the molecule is COC(=O)c1cccc(NC(=O)C2NCCCC2C)c1C. The summed E-state index contributed by atoms with van der Waals surface area (Å²) in [5, 5.41) is 6.17. The number of anilines is 1. The van der Waals surface area contributed by atoms with E-state index in [-0.39, 0.29) is 11.9 Å². The highest BCUT2D eigenvalue weighted by atomic mass is 16.5. The lowest BCUT2D eigenvalue weighted by molar-refractivity contribution is -0.119. The third kappa shape index (κ3) is 3.42. The molecule has 2 N–H and O–H groups in total. The van der Waals surface area contributed by atoms with Gasteiger partial charge in [-0.3, -0.25) is 4.79 Å². The third-order valence-corrected chi connectivity index (χ3v) is 4.05. The Morgan fingerprint density at radius 3 is 2.81 bits per heavy atom. The molecule has 21 heavy (non-hydrogen) atoms. The molecule has 5 nitrogen and oxygen atoms in total. The van der Waals surface area contributed by atoms with Crippen molar-refractivity contribution in [3.63, 3.8) is 0 Å². The van der Waals surface area contributed by atoms with Gasteiger partial charge in [0.25, 0.3) is 0 Å². The fourth-order valence-corrected chi connectivity index (χ4v) is 2.71. The van der Waals surface area contributed by atoms with E-state index in [1.165, 1.54) is 7.11 Å². The van der Waals surface area contributed by atoms with Crippen LogP contribution in [-0.4, -0.2) is 31.6 Å². The van der Waals surface area contributed by atoms with E-state index in [1.807, 2.05) is 0 Å². The Bertz CT molecular complexity index is 542. The molecular weight excluding hydrogens is 268 g/mol. The fraction of sp³-hybridized carbons (Fsp3) is 0.500. The second-order valence-electron chi connectivity index (χ2n) is 5.51. The summed E-state index contributed by atoms with van der Waals surface area (Å²) >= 11 is 0. The Labute approximate surface area is 125 Å². The maximum absolute atomic E-state index is 12.4. The van der Waals surface area contributed by atoms with Gasteiger partial charge in [0.05, 0.1) is 18.7 Å². The highest BCUT2D eigenvalue weighted by molar-refractivity contribution is 5.98. The molecule has 0 radical (unpaired) electrons. The number of carbonyl (C=O) groups is 2. The molecule has 5 heteroatoms. The second-order valence-corrected chi connectivity index (χ2v) is 5.51. The van der Waals surface area contributed by atoms with Crippen molar-refractivity contribution in [2.45, 2.75) is 32.7 Å². The molecule has 1 aliphatic rings. The molecule has 1 aromatic rings. The number of methoxy groups -OCH3 is 1. The zero-order chi connectivity index (χ0) is 15.4. The average Bonchev–Trinajstić information content (AvgIpc) is 2.49. The van der Waals surface area contributed by atoms with Gasteiger partial charge in [0.15, 0.2) is 0 Å². The molecule has 1 amide bonds. The number of benzene rings is 1. The van der Waals surface area contributed by atoms with Crippen LogP contribution in [0, 0.1) is 12.8 Å².